The maximum absolute atomic E-state index is 9.41. The van der Waals surface area contributed by atoms with Crippen molar-refractivity contribution in [2.45, 2.75) is 60.8 Å². The highest BCUT2D eigenvalue weighted by Gasteiger charge is 2.19. The number of thioether (sulfide) groups is 2. The van der Waals surface area contributed by atoms with Crippen LogP contribution < -0.4 is 5.46 Å². The molecular weight excluding hydrogens is 275 g/mol. The van der Waals surface area contributed by atoms with Crippen LogP contribution in [0.5, 0.6) is 0 Å². The Balaban J connectivity index is 3.11. The fourth-order valence-electron chi connectivity index (χ4n) is 1.57. The molecule has 0 amide bonds. The summed E-state index contributed by atoms with van der Waals surface area (Å²) in [6.07, 6.45) is 0. The first-order chi connectivity index (χ1) is 8.46. The molecule has 1 aromatic carbocycles. The normalized spacial score (nSPS) is 12.6. The zero-order valence-electron chi connectivity index (χ0n) is 12.5. The molecule has 0 aliphatic heterocycles. The van der Waals surface area contributed by atoms with Crippen LogP contribution in [-0.2, 0) is 0 Å². The molecule has 0 aliphatic rings. The predicted molar refractivity (Wildman–Crippen MR) is 87.5 cm³/mol. The van der Waals surface area contributed by atoms with Gasteiger partial charge in [0.25, 0.3) is 0 Å². The van der Waals surface area contributed by atoms with Crippen molar-refractivity contribution in [3.05, 3.63) is 18.2 Å². The summed E-state index contributed by atoms with van der Waals surface area (Å²) < 4.78 is 0.200. The lowest BCUT2D eigenvalue weighted by atomic mass is 9.80. The van der Waals surface area contributed by atoms with Gasteiger partial charge in [-0.15, -0.1) is 23.5 Å². The van der Waals surface area contributed by atoms with Gasteiger partial charge in [-0.05, 0) is 23.7 Å². The molecule has 2 N–H and O–H groups in total. The molecule has 0 atom stereocenters. The average Bonchev–Trinajstić information content (AvgIpc) is 2.10. The molecule has 1 aromatic rings. The van der Waals surface area contributed by atoms with Gasteiger partial charge in [-0.3, -0.25) is 0 Å². The van der Waals surface area contributed by atoms with Gasteiger partial charge in [0.2, 0.25) is 0 Å². The monoisotopic (exact) mass is 298 g/mol. The first kappa shape index (κ1) is 17.0. The highest BCUT2D eigenvalue weighted by molar-refractivity contribution is 8.01. The van der Waals surface area contributed by atoms with Gasteiger partial charge in [0, 0.05) is 19.3 Å². The van der Waals surface area contributed by atoms with Crippen LogP contribution in [0.4, 0.5) is 0 Å². The summed E-state index contributed by atoms with van der Waals surface area (Å²) in [7, 11) is -1.42. The van der Waals surface area contributed by atoms with Gasteiger partial charge in [0.05, 0.1) is 0 Å². The van der Waals surface area contributed by atoms with Gasteiger partial charge < -0.3 is 10.0 Å². The van der Waals surface area contributed by atoms with Crippen molar-refractivity contribution >= 4 is 36.1 Å². The molecule has 0 heterocycles. The summed E-state index contributed by atoms with van der Waals surface area (Å²) in [5.41, 5.74) is 0.556. The van der Waals surface area contributed by atoms with Gasteiger partial charge in [0.15, 0.2) is 0 Å². The van der Waals surface area contributed by atoms with Crippen LogP contribution in [0.15, 0.2) is 28.0 Å². The number of hydrogen-bond acceptors (Lipinski definition) is 4. The van der Waals surface area contributed by atoms with Crippen LogP contribution in [0.2, 0.25) is 0 Å². The largest absolute Gasteiger partial charge is 0.488 e. The van der Waals surface area contributed by atoms with Crippen LogP contribution in [0, 0.1) is 0 Å². The lowest BCUT2D eigenvalue weighted by molar-refractivity contribution is 0.425. The van der Waals surface area contributed by atoms with Crippen molar-refractivity contribution in [3.8, 4) is 0 Å². The minimum atomic E-state index is -1.42. The number of rotatable bonds is 3. The van der Waals surface area contributed by atoms with Gasteiger partial charge in [0.1, 0.15) is 0 Å². The van der Waals surface area contributed by atoms with Crippen molar-refractivity contribution in [3.63, 3.8) is 0 Å². The lowest BCUT2D eigenvalue weighted by Gasteiger charge is -2.21. The molecule has 0 fully saturated rings. The maximum Gasteiger partial charge on any atom is 0.488 e. The number of benzene rings is 1. The molecule has 0 unspecified atom stereocenters. The van der Waals surface area contributed by atoms with Crippen LogP contribution in [-0.4, -0.2) is 26.7 Å². The molecule has 106 valence electrons. The van der Waals surface area contributed by atoms with E-state index >= 15 is 0 Å². The van der Waals surface area contributed by atoms with Crippen LogP contribution in [0.1, 0.15) is 41.5 Å². The summed E-state index contributed by atoms with van der Waals surface area (Å²) in [5.74, 6) is 0. The fourth-order valence-corrected chi connectivity index (χ4v) is 3.82. The highest BCUT2D eigenvalue weighted by atomic mass is 32.2. The van der Waals surface area contributed by atoms with E-state index in [1.165, 1.54) is 0 Å². The summed E-state index contributed by atoms with van der Waals surface area (Å²) in [6, 6.07) is 5.83. The molecule has 2 nitrogen and oxygen atoms in total. The van der Waals surface area contributed by atoms with E-state index in [4.69, 9.17) is 0 Å². The standard InChI is InChI=1S/C14H23BO2S2/c1-13(2,3)18-11-7-10(15(16)17)8-12(9-11)19-14(4,5)6/h7-9,16-17H,1-6H3. The van der Waals surface area contributed by atoms with Crippen molar-refractivity contribution in [2.24, 2.45) is 0 Å². The summed E-state index contributed by atoms with van der Waals surface area (Å²) in [4.78, 5) is 2.15. The van der Waals surface area contributed by atoms with E-state index in [1.54, 1.807) is 23.5 Å². The fraction of sp³-hybridized carbons (Fsp3) is 0.571. The van der Waals surface area contributed by atoms with Gasteiger partial charge in [-0.25, -0.2) is 0 Å². The zero-order chi connectivity index (χ0) is 14.8. The van der Waals surface area contributed by atoms with Crippen molar-refractivity contribution in [2.75, 3.05) is 0 Å². The van der Waals surface area contributed by atoms with Gasteiger partial charge in [-0.1, -0.05) is 41.5 Å². The van der Waals surface area contributed by atoms with E-state index < -0.39 is 7.12 Å². The maximum atomic E-state index is 9.41. The Labute approximate surface area is 125 Å². The van der Waals surface area contributed by atoms with E-state index in [9.17, 15) is 10.0 Å². The Morgan fingerprint density at radius 1 is 0.789 bits per heavy atom. The van der Waals surface area contributed by atoms with E-state index in [2.05, 4.69) is 47.6 Å². The summed E-state index contributed by atoms with van der Waals surface area (Å²) in [5, 5.41) is 18.8. The third-order valence-corrected chi connectivity index (χ3v) is 4.22. The highest BCUT2D eigenvalue weighted by Crippen LogP contribution is 2.36. The van der Waals surface area contributed by atoms with Crippen molar-refractivity contribution in [1.29, 1.82) is 0 Å². The number of hydrogen-bond donors (Lipinski definition) is 2. The second-order valence-electron chi connectivity index (χ2n) is 6.54. The third kappa shape index (κ3) is 6.75. The molecular formula is C14H23BO2S2. The Hall–Kier alpha value is -0.0951. The van der Waals surface area contributed by atoms with Crippen LogP contribution in [0.3, 0.4) is 0 Å². The minimum absolute atomic E-state index is 0.0999. The predicted octanol–water partition coefficient (Wildman–Crippen LogP) is 3.15. The van der Waals surface area contributed by atoms with Gasteiger partial charge >= 0.3 is 7.12 Å². The average molecular weight is 298 g/mol. The molecule has 0 aliphatic carbocycles. The van der Waals surface area contributed by atoms with E-state index in [1.807, 2.05) is 12.1 Å². The molecule has 0 spiro atoms. The molecule has 0 bridgehead atoms. The first-order valence-corrected chi connectivity index (χ1v) is 7.99. The summed E-state index contributed by atoms with van der Waals surface area (Å²) >= 11 is 3.47. The van der Waals surface area contributed by atoms with E-state index in [-0.39, 0.29) is 9.49 Å². The first-order valence-electron chi connectivity index (χ1n) is 6.35. The Morgan fingerprint density at radius 3 is 1.42 bits per heavy atom. The lowest BCUT2D eigenvalue weighted by Crippen LogP contribution is -2.30. The third-order valence-electron chi connectivity index (χ3n) is 2.05. The smallest absolute Gasteiger partial charge is 0.423 e. The SMILES string of the molecule is CC(C)(C)Sc1cc(SC(C)(C)C)cc(B(O)O)c1. The topological polar surface area (TPSA) is 40.5 Å². The summed E-state index contributed by atoms with van der Waals surface area (Å²) in [6.45, 7) is 12.9. The van der Waals surface area contributed by atoms with Crippen LogP contribution in [0.25, 0.3) is 0 Å². The zero-order valence-corrected chi connectivity index (χ0v) is 14.2. The van der Waals surface area contributed by atoms with Crippen LogP contribution >= 0.6 is 23.5 Å². The molecule has 0 radical (unpaired) electrons. The van der Waals surface area contributed by atoms with E-state index in [0.29, 0.717) is 5.46 Å². The molecule has 0 saturated carbocycles. The molecule has 0 saturated heterocycles. The van der Waals surface area contributed by atoms with E-state index in [0.717, 1.165) is 9.79 Å². The second-order valence-corrected chi connectivity index (χ2v) is 10.3. The molecule has 1 rings (SSSR count). The Bertz CT molecular complexity index is 400. The Morgan fingerprint density at radius 2 is 1.16 bits per heavy atom. The second kappa shape index (κ2) is 6.12. The molecule has 19 heavy (non-hydrogen) atoms. The van der Waals surface area contributed by atoms with Crippen molar-refractivity contribution in [1.82, 2.24) is 0 Å². The minimum Gasteiger partial charge on any atom is -0.423 e. The molecule has 5 heteroatoms. The molecule has 0 aromatic heterocycles. The van der Waals surface area contributed by atoms with Gasteiger partial charge in [-0.2, -0.15) is 0 Å². The quantitative estimate of drug-likeness (QED) is 0.664. The van der Waals surface area contributed by atoms with Crippen molar-refractivity contribution < 1.29 is 10.0 Å². The Kier molecular flexibility index (Phi) is 5.47.